The Kier molecular flexibility index (Phi) is 8.55. The quantitative estimate of drug-likeness (QED) is 0.824. The summed E-state index contributed by atoms with van der Waals surface area (Å²) in [7, 11) is 1.77. The molecule has 1 heterocycles. The van der Waals surface area contributed by atoms with Crippen LogP contribution in [0, 0.1) is 0 Å². The molecule has 2 unspecified atom stereocenters. The number of hydrogen-bond donors (Lipinski definition) is 2. The van der Waals surface area contributed by atoms with Gasteiger partial charge in [0.2, 0.25) is 5.91 Å². The van der Waals surface area contributed by atoms with Crippen molar-refractivity contribution in [3.8, 4) is 0 Å². The number of halogens is 1. The Bertz CT molecular complexity index is 471. The minimum absolute atomic E-state index is 0. The molecule has 1 aromatic rings. The predicted molar refractivity (Wildman–Crippen MR) is 94.7 cm³/mol. The molecule has 1 amide bonds. The van der Waals surface area contributed by atoms with E-state index in [1.54, 1.807) is 7.05 Å². The maximum Gasteiger partial charge on any atom is 0.234 e. The molecular weight excluding hydrogens is 314 g/mol. The third-order valence-electron chi connectivity index (χ3n) is 3.75. The third kappa shape index (κ3) is 6.87. The van der Waals surface area contributed by atoms with E-state index in [0.29, 0.717) is 25.3 Å². The van der Waals surface area contributed by atoms with Crippen molar-refractivity contribution in [2.24, 2.45) is 0 Å². The molecule has 1 aliphatic heterocycles. The number of nitrogens with zero attached hydrogens (tertiary/aromatic N) is 1. The van der Waals surface area contributed by atoms with Gasteiger partial charge in [-0.2, -0.15) is 0 Å². The van der Waals surface area contributed by atoms with Gasteiger partial charge in [0.15, 0.2) is 0 Å². The number of carbonyl (C=O) groups excluding carboxylic acids is 1. The van der Waals surface area contributed by atoms with Crippen molar-refractivity contribution in [2.45, 2.75) is 39.1 Å². The third-order valence-corrected chi connectivity index (χ3v) is 3.75. The number of amides is 1. The second-order valence-corrected chi connectivity index (χ2v) is 6.07. The molecule has 5 nitrogen and oxygen atoms in total. The summed E-state index contributed by atoms with van der Waals surface area (Å²) < 4.78 is 5.76. The molecule has 6 heteroatoms. The molecule has 0 aromatic heterocycles. The van der Waals surface area contributed by atoms with Crippen molar-refractivity contribution in [1.29, 1.82) is 0 Å². The Hall–Kier alpha value is -1.14. The lowest BCUT2D eigenvalue weighted by Gasteiger charge is -2.35. The van der Waals surface area contributed by atoms with Gasteiger partial charge < -0.3 is 15.4 Å². The molecule has 2 rings (SSSR count). The lowest BCUT2D eigenvalue weighted by molar-refractivity contribution is -0.120. The summed E-state index contributed by atoms with van der Waals surface area (Å²) >= 11 is 0. The van der Waals surface area contributed by atoms with E-state index in [4.69, 9.17) is 4.74 Å². The van der Waals surface area contributed by atoms with Crippen molar-refractivity contribution >= 4 is 18.3 Å². The minimum Gasteiger partial charge on any atom is -0.373 e. The molecular formula is C17H28ClN3O2. The number of carbonyl (C=O) groups is 1. The summed E-state index contributed by atoms with van der Waals surface area (Å²) in [4.78, 5) is 13.8. The fourth-order valence-corrected chi connectivity index (χ4v) is 2.86. The standard InChI is InChI=1S/C17H27N3O2.ClH/c1-13-10-20(11-14(2)22-13)12-16-6-4-15(5-7-16)8-19-17(21)9-18-3;/h4-7,13-14,18H,8-12H2,1-3H3,(H,19,21);1H. The van der Waals surface area contributed by atoms with Crippen LogP contribution in [0.25, 0.3) is 0 Å². The first kappa shape index (κ1) is 19.9. The van der Waals surface area contributed by atoms with Gasteiger partial charge in [0.25, 0.3) is 0 Å². The molecule has 130 valence electrons. The Morgan fingerprint density at radius 1 is 1.17 bits per heavy atom. The largest absolute Gasteiger partial charge is 0.373 e. The van der Waals surface area contributed by atoms with E-state index >= 15 is 0 Å². The summed E-state index contributed by atoms with van der Waals surface area (Å²) in [6.07, 6.45) is 0.593. The van der Waals surface area contributed by atoms with E-state index in [-0.39, 0.29) is 18.3 Å². The second-order valence-electron chi connectivity index (χ2n) is 6.07. The molecule has 2 atom stereocenters. The smallest absolute Gasteiger partial charge is 0.234 e. The highest BCUT2D eigenvalue weighted by Gasteiger charge is 2.21. The molecule has 0 bridgehead atoms. The van der Waals surface area contributed by atoms with E-state index < -0.39 is 0 Å². The summed E-state index contributed by atoms with van der Waals surface area (Å²) in [5, 5.41) is 5.72. The maximum absolute atomic E-state index is 11.4. The summed E-state index contributed by atoms with van der Waals surface area (Å²) in [6, 6.07) is 8.46. The van der Waals surface area contributed by atoms with Crippen LogP contribution in [0.3, 0.4) is 0 Å². The van der Waals surface area contributed by atoms with Crippen LogP contribution in [-0.4, -0.2) is 49.7 Å². The first-order chi connectivity index (χ1) is 10.6. The zero-order chi connectivity index (χ0) is 15.9. The van der Waals surface area contributed by atoms with Crippen LogP contribution in [0.15, 0.2) is 24.3 Å². The maximum atomic E-state index is 11.4. The molecule has 0 spiro atoms. The van der Waals surface area contributed by atoms with Gasteiger partial charge in [0, 0.05) is 26.2 Å². The van der Waals surface area contributed by atoms with Gasteiger partial charge in [-0.15, -0.1) is 12.4 Å². The van der Waals surface area contributed by atoms with Gasteiger partial charge in [-0.25, -0.2) is 0 Å². The number of rotatable bonds is 6. The van der Waals surface area contributed by atoms with Gasteiger partial charge in [0.05, 0.1) is 18.8 Å². The molecule has 0 aliphatic carbocycles. The average molecular weight is 342 g/mol. The zero-order valence-corrected chi connectivity index (χ0v) is 15.0. The van der Waals surface area contributed by atoms with E-state index in [2.05, 4.69) is 53.6 Å². The van der Waals surface area contributed by atoms with Crippen LogP contribution >= 0.6 is 12.4 Å². The first-order valence-corrected chi connectivity index (χ1v) is 7.93. The topological polar surface area (TPSA) is 53.6 Å². The number of hydrogen-bond acceptors (Lipinski definition) is 4. The van der Waals surface area contributed by atoms with Crippen LogP contribution in [0.1, 0.15) is 25.0 Å². The van der Waals surface area contributed by atoms with Crippen molar-refractivity contribution in [3.05, 3.63) is 35.4 Å². The number of benzene rings is 1. The van der Waals surface area contributed by atoms with Crippen molar-refractivity contribution < 1.29 is 9.53 Å². The monoisotopic (exact) mass is 341 g/mol. The Labute approximate surface area is 145 Å². The minimum atomic E-state index is 0. The summed E-state index contributed by atoms with van der Waals surface area (Å²) in [6.45, 7) is 8.08. The number of nitrogens with one attached hydrogen (secondary N) is 2. The van der Waals surface area contributed by atoms with E-state index in [1.165, 1.54) is 5.56 Å². The molecule has 0 radical (unpaired) electrons. The highest BCUT2D eigenvalue weighted by molar-refractivity contribution is 5.85. The summed E-state index contributed by atoms with van der Waals surface area (Å²) in [5.41, 5.74) is 2.42. The van der Waals surface area contributed by atoms with Gasteiger partial charge in [-0.3, -0.25) is 9.69 Å². The summed E-state index contributed by atoms with van der Waals surface area (Å²) in [5.74, 6) is 0.0165. The highest BCUT2D eigenvalue weighted by Crippen LogP contribution is 2.14. The molecule has 1 aliphatic rings. The van der Waals surface area contributed by atoms with Crippen LogP contribution in [-0.2, 0) is 22.6 Å². The molecule has 1 fully saturated rings. The predicted octanol–water partition coefficient (Wildman–Crippen LogP) is 1.55. The first-order valence-electron chi connectivity index (χ1n) is 7.93. The molecule has 23 heavy (non-hydrogen) atoms. The Balaban J connectivity index is 0.00000264. The van der Waals surface area contributed by atoms with Gasteiger partial charge >= 0.3 is 0 Å². The average Bonchev–Trinajstić information content (AvgIpc) is 2.46. The van der Waals surface area contributed by atoms with Crippen molar-refractivity contribution in [2.75, 3.05) is 26.7 Å². The zero-order valence-electron chi connectivity index (χ0n) is 14.2. The lowest BCUT2D eigenvalue weighted by atomic mass is 10.1. The van der Waals surface area contributed by atoms with Gasteiger partial charge in [-0.1, -0.05) is 24.3 Å². The molecule has 1 saturated heterocycles. The van der Waals surface area contributed by atoms with Crippen molar-refractivity contribution in [1.82, 2.24) is 15.5 Å². The normalized spacial score (nSPS) is 21.5. The fraction of sp³-hybridized carbons (Fsp3) is 0.588. The van der Waals surface area contributed by atoms with Crippen LogP contribution in [0.2, 0.25) is 0 Å². The molecule has 2 N–H and O–H groups in total. The van der Waals surface area contributed by atoms with Crippen LogP contribution in [0.5, 0.6) is 0 Å². The number of morpholine rings is 1. The Morgan fingerprint density at radius 3 is 2.30 bits per heavy atom. The van der Waals surface area contributed by atoms with E-state index in [9.17, 15) is 4.79 Å². The second kappa shape index (κ2) is 9.88. The van der Waals surface area contributed by atoms with Gasteiger partial charge in [-0.05, 0) is 32.0 Å². The van der Waals surface area contributed by atoms with Crippen molar-refractivity contribution in [3.63, 3.8) is 0 Å². The molecule has 1 aromatic carbocycles. The number of likely N-dealkylation sites (N-methyl/N-ethyl adjacent to an activating group) is 1. The fourth-order valence-electron chi connectivity index (χ4n) is 2.86. The van der Waals surface area contributed by atoms with Crippen LogP contribution in [0.4, 0.5) is 0 Å². The van der Waals surface area contributed by atoms with Crippen LogP contribution < -0.4 is 10.6 Å². The Morgan fingerprint density at radius 2 is 1.74 bits per heavy atom. The number of ether oxygens (including phenoxy) is 1. The van der Waals surface area contributed by atoms with Gasteiger partial charge in [0.1, 0.15) is 0 Å². The lowest BCUT2D eigenvalue weighted by Crippen LogP contribution is -2.44. The highest BCUT2D eigenvalue weighted by atomic mass is 35.5. The van der Waals surface area contributed by atoms with E-state index in [0.717, 1.165) is 25.2 Å². The van der Waals surface area contributed by atoms with E-state index in [1.807, 2.05) is 0 Å². The SMILES string of the molecule is CNCC(=O)NCc1ccc(CN2CC(C)OC(C)C2)cc1.Cl. The molecule has 0 saturated carbocycles.